The van der Waals surface area contributed by atoms with E-state index in [0.29, 0.717) is 6.42 Å². The van der Waals surface area contributed by atoms with Crippen molar-refractivity contribution >= 4 is 5.78 Å². The van der Waals surface area contributed by atoms with Crippen molar-refractivity contribution < 1.29 is 4.79 Å². The fourth-order valence-electron chi connectivity index (χ4n) is 3.00. The van der Waals surface area contributed by atoms with Crippen LogP contribution in [0, 0.1) is 0 Å². The van der Waals surface area contributed by atoms with Gasteiger partial charge in [0.05, 0.1) is 0 Å². The van der Waals surface area contributed by atoms with E-state index in [-0.39, 0.29) is 5.78 Å². The number of hydrogen-bond donors (Lipinski definition) is 0. The minimum atomic E-state index is 0.270. The number of unbranched alkanes of at least 4 members (excludes halogenated alkanes) is 11. The van der Waals surface area contributed by atoms with Gasteiger partial charge in [0.25, 0.3) is 0 Å². The van der Waals surface area contributed by atoms with Gasteiger partial charge in [0.15, 0.2) is 5.78 Å². The SMILES string of the molecule is CCCCCCCCCCCCCCC1=CC=CC(=O)C1. The van der Waals surface area contributed by atoms with Gasteiger partial charge >= 0.3 is 0 Å². The molecule has 1 heteroatoms. The Balaban J connectivity index is 1.80. The second-order valence-corrected chi connectivity index (χ2v) is 6.47. The largest absolute Gasteiger partial charge is 0.295 e. The number of rotatable bonds is 13. The highest BCUT2D eigenvalue weighted by molar-refractivity contribution is 5.92. The molecule has 0 saturated carbocycles. The first-order valence-corrected chi connectivity index (χ1v) is 9.22. The maximum absolute atomic E-state index is 11.3. The van der Waals surface area contributed by atoms with Gasteiger partial charge < -0.3 is 0 Å². The molecule has 0 atom stereocenters. The van der Waals surface area contributed by atoms with Crippen molar-refractivity contribution in [1.29, 1.82) is 0 Å². The lowest BCUT2D eigenvalue weighted by molar-refractivity contribution is -0.114. The van der Waals surface area contributed by atoms with Crippen LogP contribution in [0.4, 0.5) is 0 Å². The van der Waals surface area contributed by atoms with Gasteiger partial charge in [-0.15, -0.1) is 0 Å². The molecule has 0 unspecified atom stereocenters. The summed E-state index contributed by atoms with van der Waals surface area (Å²) in [6.45, 7) is 2.28. The summed E-state index contributed by atoms with van der Waals surface area (Å²) in [4.78, 5) is 11.3. The maximum atomic E-state index is 11.3. The van der Waals surface area contributed by atoms with Crippen molar-refractivity contribution in [3.05, 3.63) is 23.8 Å². The van der Waals surface area contributed by atoms with Crippen LogP contribution < -0.4 is 0 Å². The van der Waals surface area contributed by atoms with Crippen LogP contribution in [-0.4, -0.2) is 5.78 Å². The molecular weight excluding hydrogens is 256 g/mol. The van der Waals surface area contributed by atoms with Crippen molar-refractivity contribution in [3.8, 4) is 0 Å². The molecule has 0 aromatic heterocycles. The zero-order chi connectivity index (χ0) is 15.2. The van der Waals surface area contributed by atoms with E-state index in [2.05, 4.69) is 13.0 Å². The molecule has 0 bridgehead atoms. The Labute approximate surface area is 131 Å². The molecule has 120 valence electrons. The predicted molar refractivity (Wildman–Crippen MR) is 92.5 cm³/mol. The summed E-state index contributed by atoms with van der Waals surface area (Å²) < 4.78 is 0. The van der Waals surface area contributed by atoms with E-state index in [1.54, 1.807) is 6.08 Å². The Morgan fingerprint density at radius 2 is 1.33 bits per heavy atom. The number of ketones is 1. The van der Waals surface area contributed by atoms with Gasteiger partial charge in [-0.1, -0.05) is 95.3 Å². The van der Waals surface area contributed by atoms with Crippen molar-refractivity contribution in [3.63, 3.8) is 0 Å². The Bertz CT molecular complexity index is 325. The van der Waals surface area contributed by atoms with Gasteiger partial charge in [0.1, 0.15) is 0 Å². The quantitative estimate of drug-likeness (QED) is 0.352. The summed E-state index contributed by atoms with van der Waals surface area (Å²) in [6.07, 6.45) is 24.2. The van der Waals surface area contributed by atoms with Crippen LogP contribution in [0.15, 0.2) is 23.8 Å². The van der Waals surface area contributed by atoms with Gasteiger partial charge in [0.2, 0.25) is 0 Å². The van der Waals surface area contributed by atoms with Gasteiger partial charge in [-0.3, -0.25) is 4.79 Å². The summed E-state index contributed by atoms with van der Waals surface area (Å²) in [5.74, 6) is 0.270. The molecule has 1 rings (SSSR count). The highest BCUT2D eigenvalue weighted by Gasteiger charge is 2.06. The van der Waals surface area contributed by atoms with Crippen LogP contribution in [0.1, 0.15) is 96.8 Å². The van der Waals surface area contributed by atoms with Crippen molar-refractivity contribution in [1.82, 2.24) is 0 Å². The average molecular weight is 290 g/mol. The molecule has 0 amide bonds. The van der Waals surface area contributed by atoms with Gasteiger partial charge in [-0.2, -0.15) is 0 Å². The van der Waals surface area contributed by atoms with E-state index in [0.717, 1.165) is 6.42 Å². The molecular formula is C20H34O. The zero-order valence-electron chi connectivity index (χ0n) is 14.0. The van der Waals surface area contributed by atoms with Crippen LogP contribution in [0.25, 0.3) is 0 Å². The molecule has 0 fully saturated rings. The van der Waals surface area contributed by atoms with Crippen LogP contribution >= 0.6 is 0 Å². The van der Waals surface area contributed by atoms with Gasteiger partial charge in [0, 0.05) is 6.42 Å². The molecule has 0 radical (unpaired) electrons. The molecule has 0 N–H and O–H groups in total. The van der Waals surface area contributed by atoms with Gasteiger partial charge in [-0.25, -0.2) is 0 Å². The highest BCUT2D eigenvalue weighted by atomic mass is 16.1. The number of allylic oxidation sites excluding steroid dienone is 4. The van der Waals surface area contributed by atoms with Crippen molar-refractivity contribution in [2.75, 3.05) is 0 Å². The lowest BCUT2D eigenvalue weighted by Crippen LogP contribution is -1.99. The topological polar surface area (TPSA) is 17.1 Å². The molecule has 1 nitrogen and oxygen atoms in total. The summed E-state index contributed by atoms with van der Waals surface area (Å²) >= 11 is 0. The molecule has 21 heavy (non-hydrogen) atoms. The third kappa shape index (κ3) is 10.5. The fraction of sp³-hybridized carbons (Fsp3) is 0.750. The van der Waals surface area contributed by atoms with E-state index < -0.39 is 0 Å². The summed E-state index contributed by atoms with van der Waals surface area (Å²) in [7, 11) is 0. The van der Waals surface area contributed by atoms with Crippen molar-refractivity contribution in [2.45, 2.75) is 96.8 Å². The lowest BCUT2D eigenvalue weighted by atomic mass is 9.97. The summed E-state index contributed by atoms with van der Waals surface area (Å²) in [5.41, 5.74) is 1.33. The standard InChI is InChI=1S/C20H34O/c1-2-3-4-5-6-7-8-9-10-11-12-13-15-19-16-14-17-20(21)18-19/h14,16-17H,2-13,15,18H2,1H3. The molecule has 1 aliphatic rings. The Morgan fingerprint density at radius 1 is 0.810 bits per heavy atom. The minimum absolute atomic E-state index is 0.270. The molecule has 0 spiro atoms. The van der Waals surface area contributed by atoms with Crippen molar-refractivity contribution in [2.24, 2.45) is 0 Å². The van der Waals surface area contributed by atoms with E-state index in [1.807, 2.05) is 6.08 Å². The number of carbonyl (C=O) groups is 1. The van der Waals surface area contributed by atoms with E-state index in [9.17, 15) is 4.79 Å². The first kappa shape index (κ1) is 18.2. The summed E-state index contributed by atoms with van der Waals surface area (Å²) in [5, 5.41) is 0. The highest BCUT2D eigenvalue weighted by Crippen LogP contribution is 2.18. The Kier molecular flexibility index (Phi) is 11.1. The summed E-state index contributed by atoms with van der Waals surface area (Å²) in [6, 6.07) is 0. The van der Waals surface area contributed by atoms with E-state index in [4.69, 9.17) is 0 Å². The molecule has 1 aliphatic carbocycles. The first-order chi connectivity index (χ1) is 10.3. The maximum Gasteiger partial charge on any atom is 0.159 e. The second-order valence-electron chi connectivity index (χ2n) is 6.47. The van der Waals surface area contributed by atoms with Crippen LogP contribution in [0.5, 0.6) is 0 Å². The predicted octanol–water partition coefficient (Wildman–Crippen LogP) is 6.53. The Morgan fingerprint density at radius 3 is 1.86 bits per heavy atom. The number of hydrogen-bond acceptors (Lipinski definition) is 1. The molecule has 0 heterocycles. The minimum Gasteiger partial charge on any atom is -0.295 e. The van der Waals surface area contributed by atoms with E-state index >= 15 is 0 Å². The molecule has 0 aromatic rings. The fourth-order valence-corrected chi connectivity index (χ4v) is 3.00. The molecule has 0 aliphatic heterocycles. The van der Waals surface area contributed by atoms with E-state index in [1.165, 1.54) is 82.6 Å². The molecule has 0 saturated heterocycles. The van der Waals surface area contributed by atoms with Crippen LogP contribution in [0.3, 0.4) is 0 Å². The lowest BCUT2D eigenvalue weighted by Gasteiger charge is -2.08. The second kappa shape index (κ2) is 12.9. The van der Waals surface area contributed by atoms with Gasteiger partial charge in [-0.05, 0) is 18.9 Å². The average Bonchev–Trinajstić information content (AvgIpc) is 2.48. The smallest absolute Gasteiger partial charge is 0.159 e. The third-order valence-electron chi connectivity index (χ3n) is 4.37. The third-order valence-corrected chi connectivity index (χ3v) is 4.37. The first-order valence-electron chi connectivity index (χ1n) is 9.22. The van der Waals surface area contributed by atoms with Crippen LogP contribution in [-0.2, 0) is 4.79 Å². The molecule has 0 aromatic carbocycles. The zero-order valence-corrected chi connectivity index (χ0v) is 14.0. The number of carbonyl (C=O) groups excluding carboxylic acids is 1. The normalized spacial score (nSPS) is 14.5. The monoisotopic (exact) mass is 290 g/mol. The Hall–Kier alpha value is -0.850. The van der Waals surface area contributed by atoms with Crippen LogP contribution in [0.2, 0.25) is 0 Å².